The van der Waals surface area contributed by atoms with E-state index in [-0.39, 0.29) is 46.7 Å². The predicted octanol–water partition coefficient (Wildman–Crippen LogP) is 6.91. The maximum absolute atomic E-state index is 14.3. The standard InChI is InChI=1S/C27H33F2N3O/c1-25(2)17-27(18-26(3,4)33-25,19-8-6-5-7-9-19)12-13-31-24-16-30-15-23(32-24)21-14-20(28)10-11-22(21)29/h5-9,14-16H,10-13,17-18H2,1-4H3,(H,31,32). The van der Waals surface area contributed by atoms with Gasteiger partial charge in [-0.2, -0.15) is 0 Å². The summed E-state index contributed by atoms with van der Waals surface area (Å²) < 4.78 is 34.4. The summed E-state index contributed by atoms with van der Waals surface area (Å²) >= 11 is 0. The first-order chi connectivity index (χ1) is 15.6. The number of nitrogens with one attached hydrogen (secondary N) is 1. The zero-order valence-electron chi connectivity index (χ0n) is 19.9. The number of hydrogen-bond acceptors (Lipinski definition) is 4. The van der Waals surface area contributed by atoms with Crippen molar-refractivity contribution in [2.45, 2.75) is 76.4 Å². The maximum Gasteiger partial charge on any atom is 0.145 e. The van der Waals surface area contributed by atoms with Gasteiger partial charge in [-0.25, -0.2) is 13.8 Å². The molecule has 0 unspecified atom stereocenters. The van der Waals surface area contributed by atoms with Crippen LogP contribution in [-0.2, 0) is 10.2 Å². The van der Waals surface area contributed by atoms with Crippen molar-refractivity contribution in [3.8, 4) is 0 Å². The summed E-state index contributed by atoms with van der Waals surface area (Å²) in [5, 5.41) is 3.37. The van der Waals surface area contributed by atoms with E-state index < -0.39 is 0 Å². The summed E-state index contributed by atoms with van der Waals surface area (Å²) in [7, 11) is 0. The molecule has 4 nitrogen and oxygen atoms in total. The highest BCUT2D eigenvalue weighted by Crippen LogP contribution is 2.49. The van der Waals surface area contributed by atoms with E-state index in [4.69, 9.17) is 4.74 Å². The van der Waals surface area contributed by atoms with Crippen LogP contribution in [0.1, 0.15) is 71.1 Å². The number of benzene rings is 1. The molecular formula is C27H33F2N3O. The van der Waals surface area contributed by atoms with Gasteiger partial charge in [-0.3, -0.25) is 4.98 Å². The Kier molecular flexibility index (Phi) is 6.41. The van der Waals surface area contributed by atoms with Crippen molar-refractivity contribution in [2.75, 3.05) is 11.9 Å². The van der Waals surface area contributed by atoms with E-state index in [0.29, 0.717) is 18.1 Å². The summed E-state index contributed by atoms with van der Waals surface area (Å²) in [6.45, 7) is 9.31. The molecule has 1 fully saturated rings. The summed E-state index contributed by atoms with van der Waals surface area (Å²) in [5.41, 5.74) is 1.28. The van der Waals surface area contributed by atoms with Gasteiger partial charge in [0.1, 0.15) is 17.5 Å². The maximum atomic E-state index is 14.3. The van der Waals surface area contributed by atoms with E-state index >= 15 is 0 Å². The lowest BCUT2D eigenvalue weighted by atomic mass is 9.63. The van der Waals surface area contributed by atoms with Gasteiger partial charge in [0.2, 0.25) is 0 Å². The number of nitrogens with zero attached hydrogens (tertiary/aromatic N) is 2. The van der Waals surface area contributed by atoms with E-state index in [1.165, 1.54) is 17.8 Å². The molecule has 33 heavy (non-hydrogen) atoms. The number of rotatable bonds is 6. The highest BCUT2D eigenvalue weighted by Gasteiger charge is 2.48. The monoisotopic (exact) mass is 453 g/mol. The van der Waals surface area contributed by atoms with Gasteiger partial charge in [-0.1, -0.05) is 30.3 Å². The van der Waals surface area contributed by atoms with Crippen LogP contribution >= 0.6 is 0 Å². The number of ether oxygens (including phenoxy) is 1. The van der Waals surface area contributed by atoms with Crippen molar-refractivity contribution in [1.29, 1.82) is 0 Å². The van der Waals surface area contributed by atoms with Gasteiger partial charge in [-0.15, -0.1) is 0 Å². The fourth-order valence-electron chi connectivity index (χ4n) is 5.72. The van der Waals surface area contributed by atoms with Crippen molar-refractivity contribution in [3.05, 3.63) is 71.7 Å². The Morgan fingerprint density at radius 1 is 0.970 bits per heavy atom. The number of allylic oxidation sites excluding steroid dienone is 4. The molecule has 2 aromatic rings. The Morgan fingerprint density at radius 2 is 1.67 bits per heavy atom. The molecule has 0 atom stereocenters. The molecule has 0 amide bonds. The highest BCUT2D eigenvalue weighted by atomic mass is 19.1. The van der Waals surface area contributed by atoms with Gasteiger partial charge in [0, 0.05) is 30.4 Å². The zero-order chi connectivity index (χ0) is 23.7. The van der Waals surface area contributed by atoms with Gasteiger partial charge < -0.3 is 10.1 Å². The lowest BCUT2D eigenvalue weighted by Gasteiger charge is -2.52. The van der Waals surface area contributed by atoms with Crippen molar-refractivity contribution in [2.24, 2.45) is 0 Å². The van der Waals surface area contributed by atoms with Crippen molar-refractivity contribution in [1.82, 2.24) is 9.97 Å². The van der Waals surface area contributed by atoms with Gasteiger partial charge in [-0.05, 0) is 58.6 Å². The van der Waals surface area contributed by atoms with Crippen LogP contribution in [0.5, 0.6) is 0 Å². The number of hydrogen-bond donors (Lipinski definition) is 1. The Morgan fingerprint density at radius 3 is 2.36 bits per heavy atom. The molecule has 2 heterocycles. The van der Waals surface area contributed by atoms with Gasteiger partial charge >= 0.3 is 0 Å². The SMILES string of the molecule is CC1(C)CC(CCNc2cncc(C3=C(F)CCC(F)=C3)n2)(c2ccccc2)CC(C)(C)O1. The Balaban J connectivity index is 1.55. The lowest BCUT2D eigenvalue weighted by molar-refractivity contribution is -0.180. The second-order valence-electron chi connectivity index (χ2n) is 10.5. The van der Waals surface area contributed by atoms with E-state index in [1.54, 1.807) is 6.20 Å². The van der Waals surface area contributed by atoms with Crippen molar-refractivity contribution >= 4 is 11.4 Å². The molecule has 1 N–H and O–H groups in total. The molecule has 2 aliphatic rings. The normalized spacial score (nSPS) is 21.5. The van der Waals surface area contributed by atoms with Gasteiger partial charge in [0.05, 0.1) is 29.3 Å². The topological polar surface area (TPSA) is 47.0 Å². The molecular weight excluding hydrogens is 420 g/mol. The molecule has 176 valence electrons. The minimum Gasteiger partial charge on any atom is -0.370 e. The van der Waals surface area contributed by atoms with E-state index in [9.17, 15) is 8.78 Å². The van der Waals surface area contributed by atoms with Crippen molar-refractivity contribution < 1.29 is 13.5 Å². The minimum absolute atomic E-state index is 0.0598. The molecule has 1 aliphatic heterocycles. The molecule has 0 spiro atoms. The molecule has 0 bridgehead atoms. The molecule has 1 saturated heterocycles. The minimum atomic E-state index is -0.349. The first kappa shape index (κ1) is 23.6. The third-order valence-electron chi connectivity index (χ3n) is 6.46. The molecule has 1 aromatic carbocycles. The van der Waals surface area contributed by atoms with Crippen LogP contribution in [-0.4, -0.2) is 27.7 Å². The van der Waals surface area contributed by atoms with Gasteiger partial charge in [0.25, 0.3) is 0 Å². The average Bonchev–Trinajstić information content (AvgIpc) is 2.74. The first-order valence-electron chi connectivity index (χ1n) is 11.6. The third-order valence-corrected chi connectivity index (χ3v) is 6.46. The average molecular weight is 454 g/mol. The third kappa shape index (κ3) is 5.49. The molecule has 1 aliphatic carbocycles. The molecule has 6 heteroatoms. The largest absolute Gasteiger partial charge is 0.370 e. The molecule has 1 aromatic heterocycles. The van der Waals surface area contributed by atoms with Crippen LogP contribution in [0.15, 0.2) is 60.5 Å². The molecule has 0 radical (unpaired) electrons. The van der Waals surface area contributed by atoms with Crippen LogP contribution in [0.3, 0.4) is 0 Å². The second kappa shape index (κ2) is 8.98. The Hall–Kier alpha value is -2.60. The van der Waals surface area contributed by atoms with Gasteiger partial charge in [0.15, 0.2) is 0 Å². The second-order valence-corrected chi connectivity index (χ2v) is 10.5. The molecule has 4 rings (SSSR count). The fraction of sp³-hybridized carbons (Fsp3) is 0.481. The summed E-state index contributed by atoms with van der Waals surface area (Å²) in [5.74, 6) is -0.125. The Bertz CT molecular complexity index is 1040. The molecule has 0 saturated carbocycles. The lowest BCUT2D eigenvalue weighted by Crippen LogP contribution is -2.53. The zero-order valence-corrected chi connectivity index (χ0v) is 19.9. The quantitative estimate of drug-likeness (QED) is 0.516. The number of anilines is 1. The summed E-state index contributed by atoms with van der Waals surface area (Å²) in [6, 6.07) is 10.6. The van der Waals surface area contributed by atoms with E-state index in [1.807, 2.05) is 6.07 Å². The van der Waals surface area contributed by atoms with E-state index in [0.717, 1.165) is 19.3 Å². The van der Waals surface area contributed by atoms with Crippen LogP contribution in [0.2, 0.25) is 0 Å². The predicted molar refractivity (Wildman–Crippen MR) is 128 cm³/mol. The fourth-order valence-corrected chi connectivity index (χ4v) is 5.72. The Labute approximate surface area is 195 Å². The van der Waals surface area contributed by atoms with Crippen LogP contribution < -0.4 is 5.32 Å². The number of aromatic nitrogens is 2. The van der Waals surface area contributed by atoms with Crippen LogP contribution in [0, 0.1) is 0 Å². The van der Waals surface area contributed by atoms with Crippen molar-refractivity contribution in [3.63, 3.8) is 0 Å². The first-order valence-corrected chi connectivity index (χ1v) is 11.6. The van der Waals surface area contributed by atoms with Crippen LogP contribution in [0.4, 0.5) is 14.6 Å². The number of halogens is 2. The highest BCUT2D eigenvalue weighted by molar-refractivity contribution is 5.75. The van der Waals surface area contributed by atoms with Crippen LogP contribution in [0.25, 0.3) is 5.57 Å². The summed E-state index contributed by atoms with van der Waals surface area (Å²) in [4.78, 5) is 8.72. The van der Waals surface area contributed by atoms with E-state index in [2.05, 4.69) is 67.2 Å². The smallest absolute Gasteiger partial charge is 0.145 e. The summed E-state index contributed by atoms with van der Waals surface area (Å²) in [6.07, 6.45) is 7.17.